The molecule has 1 atom stereocenters. The number of nitrogens with one attached hydrogen (secondary N) is 1. The molecule has 0 saturated carbocycles. The largest absolute Gasteiger partial charge is 0.314 e. The molecule has 0 aromatic rings. The number of nitrogens with zero attached hydrogens (tertiary/aromatic N) is 1. The lowest BCUT2D eigenvalue weighted by Crippen LogP contribution is -2.49. The van der Waals surface area contributed by atoms with Crippen LogP contribution in [-0.2, 0) is 0 Å². The van der Waals surface area contributed by atoms with Gasteiger partial charge >= 0.3 is 0 Å². The highest BCUT2D eigenvalue weighted by Gasteiger charge is 2.33. The molecular formula is C9H18F2N2S. The minimum absolute atomic E-state index is 0.116. The van der Waals surface area contributed by atoms with Crippen molar-refractivity contribution >= 4 is 11.8 Å². The fraction of sp³-hybridized carbons (Fsp3) is 1.00. The molecule has 1 aliphatic heterocycles. The summed E-state index contributed by atoms with van der Waals surface area (Å²) in [5.74, 6) is -0.666. The van der Waals surface area contributed by atoms with E-state index in [2.05, 4.69) is 5.32 Å². The number of thioether (sulfide) groups is 1. The lowest BCUT2D eigenvalue weighted by Gasteiger charge is -2.35. The maximum absolute atomic E-state index is 13.3. The first-order valence-electron chi connectivity index (χ1n) is 4.89. The quantitative estimate of drug-likeness (QED) is 0.774. The molecule has 0 spiro atoms. The van der Waals surface area contributed by atoms with Gasteiger partial charge < -0.3 is 5.32 Å². The molecule has 0 aromatic heterocycles. The Hall–Kier alpha value is 0.130. The molecule has 1 aliphatic rings. The number of halogens is 2. The van der Waals surface area contributed by atoms with E-state index in [0.717, 1.165) is 18.1 Å². The Balaban J connectivity index is 2.40. The van der Waals surface area contributed by atoms with Crippen molar-refractivity contribution in [1.82, 2.24) is 10.2 Å². The average molecular weight is 224 g/mol. The monoisotopic (exact) mass is 224 g/mol. The Bertz CT molecular complexity index is 178. The van der Waals surface area contributed by atoms with E-state index < -0.39 is 5.92 Å². The Labute approximate surface area is 88.4 Å². The molecule has 1 N–H and O–H groups in total. The first-order valence-corrected chi connectivity index (χ1v) is 6.05. The van der Waals surface area contributed by atoms with Crippen LogP contribution in [-0.4, -0.2) is 55.1 Å². The van der Waals surface area contributed by atoms with E-state index in [-0.39, 0.29) is 19.1 Å². The first kappa shape index (κ1) is 12.2. The van der Waals surface area contributed by atoms with Crippen molar-refractivity contribution in [1.29, 1.82) is 0 Å². The maximum atomic E-state index is 13.3. The summed E-state index contributed by atoms with van der Waals surface area (Å²) in [7, 11) is 1.56. The molecule has 14 heavy (non-hydrogen) atoms. The van der Waals surface area contributed by atoms with Crippen LogP contribution in [0.5, 0.6) is 0 Å². The topological polar surface area (TPSA) is 15.3 Å². The predicted octanol–water partition coefficient (Wildman–Crippen LogP) is 1.28. The van der Waals surface area contributed by atoms with E-state index >= 15 is 0 Å². The van der Waals surface area contributed by atoms with Crippen molar-refractivity contribution in [3.8, 4) is 0 Å². The highest BCUT2D eigenvalue weighted by Crippen LogP contribution is 2.21. The first-order chi connectivity index (χ1) is 6.55. The molecule has 1 unspecified atom stereocenters. The second-order valence-corrected chi connectivity index (χ2v) is 4.93. The van der Waals surface area contributed by atoms with Crippen LogP contribution >= 0.6 is 11.8 Å². The Morgan fingerprint density at radius 3 is 2.86 bits per heavy atom. The Morgan fingerprint density at radius 2 is 2.29 bits per heavy atom. The van der Waals surface area contributed by atoms with Gasteiger partial charge in [-0.3, -0.25) is 4.90 Å². The molecule has 1 fully saturated rings. The summed E-state index contributed by atoms with van der Waals surface area (Å²) in [5, 5.41) is 2.53. The van der Waals surface area contributed by atoms with Gasteiger partial charge in [0.15, 0.2) is 0 Å². The van der Waals surface area contributed by atoms with Crippen molar-refractivity contribution in [2.75, 3.05) is 38.2 Å². The van der Waals surface area contributed by atoms with E-state index in [1.807, 2.05) is 23.6 Å². The Morgan fingerprint density at radius 1 is 1.57 bits per heavy atom. The fourth-order valence-corrected chi connectivity index (χ4v) is 2.69. The van der Waals surface area contributed by atoms with Gasteiger partial charge in [-0.25, -0.2) is 8.78 Å². The van der Waals surface area contributed by atoms with Gasteiger partial charge in [0.1, 0.15) is 0 Å². The van der Waals surface area contributed by atoms with E-state index in [1.54, 1.807) is 7.05 Å². The van der Waals surface area contributed by atoms with Crippen LogP contribution in [0.1, 0.15) is 6.92 Å². The summed E-state index contributed by atoms with van der Waals surface area (Å²) in [5.41, 5.74) is 0. The van der Waals surface area contributed by atoms with Gasteiger partial charge in [0.05, 0.1) is 13.1 Å². The summed E-state index contributed by atoms with van der Waals surface area (Å²) in [6.07, 6.45) is 0. The normalized spacial score (nSPS) is 25.3. The van der Waals surface area contributed by atoms with Crippen LogP contribution in [0, 0.1) is 0 Å². The molecule has 1 rings (SSSR count). The van der Waals surface area contributed by atoms with Crippen LogP contribution < -0.4 is 5.32 Å². The molecule has 1 saturated heterocycles. The van der Waals surface area contributed by atoms with Crippen LogP contribution in [0.15, 0.2) is 0 Å². The third-order valence-electron chi connectivity index (χ3n) is 2.38. The van der Waals surface area contributed by atoms with Gasteiger partial charge in [-0.1, -0.05) is 0 Å². The third-order valence-corrected chi connectivity index (χ3v) is 3.56. The number of alkyl halides is 2. The van der Waals surface area contributed by atoms with Gasteiger partial charge in [-0.05, 0) is 14.0 Å². The van der Waals surface area contributed by atoms with Gasteiger partial charge in [0.25, 0.3) is 5.92 Å². The number of hydrogen-bond donors (Lipinski definition) is 1. The fourth-order valence-electron chi connectivity index (χ4n) is 1.61. The average Bonchev–Trinajstić information content (AvgIpc) is 2.08. The second-order valence-electron chi connectivity index (χ2n) is 3.78. The minimum atomic E-state index is -2.61. The summed E-state index contributed by atoms with van der Waals surface area (Å²) in [4.78, 5) is 1.88. The van der Waals surface area contributed by atoms with E-state index in [1.165, 1.54) is 0 Å². The van der Waals surface area contributed by atoms with Gasteiger partial charge in [-0.15, -0.1) is 0 Å². The van der Waals surface area contributed by atoms with Crippen molar-refractivity contribution in [3.05, 3.63) is 0 Å². The zero-order valence-electron chi connectivity index (χ0n) is 8.72. The zero-order valence-corrected chi connectivity index (χ0v) is 9.54. The molecule has 84 valence electrons. The zero-order chi connectivity index (χ0) is 10.6. The SMILES string of the molecule is CNCC(F)(F)CN1CCSCC1C. The van der Waals surface area contributed by atoms with Crippen LogP contribution in [0.3, 0.4) is 0 Å². The smallest absolute Gasteiger partial charge is 0.272 e. The third kappa shape index (κ3) is 3.71. The molecular weight excluding hydrogens is 206 g/mol. The summed E-state index contributed by atoms with van der Waals surface area (Å²) in [6.45, 7) is 2.45. The number of hydrogen-bond acceptors (Lipinski definition) is 3. The van der Waals surface area contributed by atoms with Gasteiger partial charge in [-0.2, -0.15) is 11.8 Å². The van der Waals surface area contributed by atoms with Gasteiger partial charge in [0.2, 0.25) is 0 Å². The molecule has 2 nitrogen and oxygen atoms in total. The second kappa shape index (κ2) is 5.28. The maximum Gasteiger partial charge on any atom is 0.272 e. The van der Waals surface area contributed by atoms with Crippen LogP contribution in [0.25, 0.3) is 0 Å². The molecule has 0 aliphatic carbocycles. The lowest BCUT2D eigenvalue weighted by molar-refractivity contribution is -0.0349. The molecule has 1 heterocycles. The minimum Gasteiger partial charge on any atom is -0.314 e. The van der Waals surface area contributed by atoms with E-state index in [0.29, 0.717) is 0 Å². The highest BCUT2D eigenvalue weighted by atomic mass is 32.2. The van der Waals surface area contributed by atoms with Crippen molar-refractivity contribution in [3.63, 3.8) is 0 Å². The molecule has 0 bridgehead atoms. The Kier molecular flexibility index (Phi) is 4.60. The number of rotatable bonds is 4. The van der Waals surface area contributed by atoms with E-state index in [9.17, 15) is 8.78 Å². The summed E-state index contributed by atoms with van der Waals surface area (Å²) in [6, 6.07) is 0.275. The predicted molar refractivity (Wildman–Crippen MR) is 57.2 cm³/mol. The van der Waals surface area contributed by atoms with Crippen LogP contribution in [0.4, 0.5) is 8.78 Å². The van der Waals surface area contributed by atoms with Crippen molar-refractivity contribution in [2.24, 2.45) is 0 Å². The molecule has 0 amide bonds. The summed E-state index contributed by atoms with van der Waals surface area (Å²) < 4.78 is 26.5. The van der Waals surface area contributed by atoms with E-state index in [4.69, 9.17) is 0 Å². The summed E-state index contributed by atoms with van der Waals surface area (Å²) >= 11 is 1.84. The highest BCUT2D eigenvalue weighted by molar-refractivity contribution is 7.99. The molecule has 0 radical (unpaired) electrons. The van der Waals surface area contributed by atoms with Crippen LogP contribution in [0.2, 0.25) is 0 Å². The standard InChI is InChI=1S/C9H18F2N2S/c1-8-5-14-4-3-13(8)7-9(10,11)6-12-2/h8,12H,3-7H2,1-2H3. The molecule has 5 heteroatoms. The van der Waals surface area contributed by atoms with Gasteiger partial charge in [0, 0.05) is 24.1 Å². The van der Waals surface area contributed by atoms with Crippen molar-refractivity contribution in [2.45, 2.75) is 18.9 Å². The van der Waals surface area contributed by atoms with Crippen molar-refractivity contribution < 1.29 is 8.78 Å². The lowest BCUT2D eigenvalue weighted by atomic mass is 10.2. The molecule has 0 aromatic carbocycles.